The third kappa shape index (κ3) is 4.89. The smallest absolute Gasteiger partial charge is 0.251 e. The van der Waals surface area contributed by atoms with Crippen molar-refractivity contribution in [2.45, 2.75) is 19.4 Å². The molecule has 0 aliphatic carbocycles. The average Bonchev–Trinajstić information content (AvgIpc) is 3.04. The van der Waals surface area contributed by atoms with Crippen LogP contribution in [0.3, 0.4) is 0 Å². The summed E-state index contributed by atoms with van der Waals surface area (Å²) in [6, 6.07) is 9.42. The van der Waals surface area contributed by atoms with E-state index in [1.54, 1.807) is 23.3 Å². The maximum atomic E-state index is 13.1. The zero-order chi connectivity index (χ0) is 16.8. The number of benzene rings is 1. The number of carbonyl (C=O) groups excluding carboxylic acids is 2. The highest BCUT2D eigenvalue weighted by molar-refractivity contribution is 7.09. The molecule has 0 bridgehead atoms. The molecule has 4 nitrogen and oxygen atoms in total. The quantitative estimate of drug-likeness (QED) is 0.883. The molecule has 6 heteroatoms. The molecule has 2 aromatic rings. The summed E-state index contributed by atoms with van der Waals surface area (Å²) in [7, 11) is 1.72. The van der Waals surface area contributed by atoms with Gasteiger partial charge in [0.05, 0.1) is 6.54 Å². The number of thiophene rings is 1. The van der Waals surface area contributed by atoms with E-state index in [0.717, 1.165) is 12.5 Å². The summed E-state index contributed by atoms with van der Waals surface area (Å²) < 4.78 is 13.1. The van der Waals surface area contributed by atoms with Crippen molar-refractivity contribution >= 4 is 23.2 Å². The highest BCUT2D eigenvalue weighted by Crippen LogP contribution is 2.13. The van der Waals surface area contributed by atoms with E-state index in [1.807, 2.05) is 24.4 Å². The molecular formula is C17H19FN2O2S. The standard InChI is InChI=1S/C17H19FN2O2S/c1-12(9-15-7-4-8-23-15)20(2)16(21)11-19-17(22)13-5-3-6-14(18)10-13/h3-8,10,12H,9,11H2,1-2H3,(H,19,22)/t12-/m1/s1. The van der Waals surface area contributed by atoms with Gasteiger partial charge in [-0.1, -0.05) is 12.1 Å². The van der Waals surface area contributed by atoms with Gasteiger partial charge in [0, 0.05) is 30.0 Å². The second-order valence-corrected chi connectivity index (χ2v) is 6.36. The number of amides is 2. The molecule has 1 atom stereocenters. The molecular weight excluding hydrogens is 315 g/mol. The Labute approximate surface area is 138 Å². The van der Waals surface area contributed by atoms with Crippen molar-refractivity contribution in [3.05, 3.63) is 58.0 Å². The van der Waals surface area contributed by atoms with E-state index < -0.39 is 11.7 Å². The summed E-state index contributed by atoms with van der Waals surface area (Å²) in [6.07, 6.45) is 0.776. The SMILES string of the molecule is C[C@H](Cc1cccs1)N(C)C(=O)CNC(=O)c1cccc(F)c1. The van der Waals surface area contributed by atoms with Crippen molar-refractivity contribution in [3.63, 3.8) is 0 Å². The van der Waals surface area contributed by atoms with E-state index in [1.165, 1.54) is 23.1 Å². The summed E-state index contributed by atoms with van der Waals surface area (Å²) in [6.45, 7) is 1.85. The lowest BCUT2D eigenvalue weighted by atomic mass is 10.2. The molecule has 1 heterocycles. The molecule has 0 unspecified atom stereocenters. The Bertz CT molecular complexity index is 673. The molecule has 0 radical (unpaired) electrons. The lowest BCUT2D eigenvalue weighted by Crippen LogP contribution is -2.42. The first-order valence-corrected chi connectivity index (χ1v) is 8.17. The maximum Gasteiger partial charge on any atom is 0.251 e. The van der Waals surface area contributed by atoms with Crippen molar-refractivity contribution in [1.82, 2.24) is 10.2 Å². The van der Waals surface area contributed by atoms with Gasteiger partial charge in [-0.2, -0.15) is 0 Å². The molecule has 2 amide bonds. The topological polar surface area (TPSA) is 49.4 Å². The molecule has 23 heavy (non-hydrogen) atoms. The van der Waals surface area contributed by atoms with Crippen LogP contribution in [0, 0.1) is 5.82 Å². The Balaban J connectivity index is 1.84. The second kappa shape index (κ2) is 7.87. The number of likely N-dealkylation sites (N-methyl/N-ethyl adjacent to an activating group) is 1. The lowest BCUT2D eigenvalue weighted by Gasteiger charge is -2.24. The minimum atomic E-state index is -0.481. The van der Waals surface area contributed by atoms with Crippen molar-refractivity contribution in [2.24, 2.45) is 0 Å². The largest absolute Gasteiger partial charge is 0.343 e. The second-order valence-electron chi connectivity index (χ2n) is 5.33. The van der Waals surface area contributed by atoms with Crippen LogP contribution in [0.4, 0.5) is 4.39 Å². The molecule has 122 valence electrons. The summed E-state index contributed by atoms with van der Waals surface area (Å²) in [5, 5.41) is 4.53. The molecule has 0 spiro atoms. The predicted octanol–water partition coefficient (Wildman–Crippen LogP) is 2.71. The van der Waals surface area contributed by atoms with Crippen LogP contribution in [0.5, 0.6) is 0 Å². The van der Waals surface area contributed by atoms with E-state index in [9.17, 15) is 14.0 Å². The van der Waals surface area contributed by atoms with Crippen LogP contribution in [0.1, 0.15) is 22.2 Å². The fourth-order valence-electron chi connectivity index (χ4n) is 2.11. The van der Waals surface area contributed by atoms with Crippen LogP contribution < -0.4 is 5.32 Å². The first-order valence-electron chi connectivity index (χ1n) is 7.29. The van der Waals surface area contributed by atoms with Crippen LogP contribution >= 0.6 is 11.3 Å². The van der Waals surface area contributed by atoms with Crippen molar-refractivity contribution in [3.8, 4) is 0 Å². The lowest BCUT2D eigenvalue weighted by molar-refractivity contribution is -0.130. The van der Waals surface area contributed by atoms with E-state index in [-0.39, 0.29) is 24.1 Å². The molecule has 0 saturated carbocycles. The minimum Gasteiger partial charge on any atom is -0.343 e. The highest BCUT2D eigenvalue weighted by atomic mass is 32.1. The average molecular weight is 334 g/mol. The number of rotatable bonds is 6. The molecule has 1 N–H and O–H groups in total. The van der Waals surface area contributed by atoms with Gasteiger partial charge in [0.1, 0.15) is 5.82 Å². The van der Waals surface area contributed by atoms with Crippen LogP contribution in [0.25, 0.3) is 0 Å². The molecule has 0 saturated heterocycles. The van der Waals surface area contributed by atoms with Gasteiger partial charge in [-0.25, -0.2) is 4.39 Å². The zero-order valence-corrected chi connectivity index (χ0v) is 13.9. The van der Waals surface area contributed by atoms with E-state index in [2.05, 4.69) is 5.32 Å². The van der Waals surface area contributed by atoms with Crippen molar-refractivity contribution in [1.29, 1.82) is 0 Å². The van der Waals surface area contributed by atoms with Gasteiger partial charge in [0.15, 0.2) is 0 Å². The number of nitrogens with one attached hydrogen (secondary N) is 1. The van der Waals surface area contributed by atoms with Crippen LogP contribution in [-0.4, -0.2) is 36.3 Å². The van der Waals surface area contributed by atoms with Gasteiger partial charge in [0.25, 0.3) is 5.91 Å². The fraction of sp³-hybridized carbons (Fsp3) is 0.294. The van der Waals surface area contributed by atoms with Gasteiger partial charge in [0.2, 0.25) is 5.91 Å². The van der Waals surface area contributed by atoms with Gasteiger partial charge in [-0.15, -0.1) is 11.3 Å². The Morgan fingerprint density at radius 1 is 1.30 bits per heavy atom. The predicted molar refractivity (Wildman–Crippen MR) is 89.0 cm³/mol. The van der Waals surface area contributed by atoms with Gasteiger partial charge in [-0.05, 0) is 36.6 Å². The molecule has 2 rings (SSSR count). The van der Waals surface area contributed by atoms with E-state index >= 15 is 0 Å². The Morgan fingerprint density at radius 3 is 2.74 bits per heavy atom. The fourth-order valence-corrected chi connectivity index (χ4v) is 2.94. The third-order valence-corrected chi connectivity index (χ3v) is 4.52. The summed E-state index contributed by atoms with van der Waals surface area (Å²) in [5.74, 6) is -1.12. The molecule has 1 aromatic carbocycles. The minimum absolute atomic E-state index is 0.0345. The van der Waals surface area contributed by atoms with Crippen LogP contribution in [-0.2, 0) is 11.2 Å². The molecule has 1 aromatic heterocycles. The monoisotopic (exact) mass is 334 g/mol. The molecule has 0 fully saturated rings. The summed E-state index contributed by atoms with van der Waals surface area (Å²) >= 11 is 1.65. The van der Waals surface area contributed by atoms with E-state index in [0.29, 0.717) is 0 Å². The number of nitrogens with zero attached hydrogens (tertiary/aromatic N) is 1. The number of carbonyl (C=O) groups is 2. The Kier molecular flexibility index (Phi) is 5.87. The summed E-state index contributed by atoms with van der Waals surface area (Å²) in [5.41, 5.74) is 0.201. The Hall–Kier alpha value is -2.21. The third-order valence-electron chi connectivity index (χ3n) is 3.62. The normalized spacial score (nSPS) is 11.8. The summed E-state index contributed by atoms with van der Waals surface area (Å²) in [4.78, 5) is 26.9. The first kappa shape index (κ1) is 17.1. The van der Waals surface area contributed by atoms with Crippen LogP contribution in [0.15, 0.2) is 41.8 Å². The number of hydrogen-bond donors (Lipinski definition) is 1. The number of halogens is 1. The van der Waals surface area contributed by atoms with Gasteiger partial charge >= 0.3 is 0 Å². The molecule has 0 aliphatic rings. The van der Waals surface area contributed by atoms with Crippen molar-refractivity contribution < 1.29 is 14.0 Å². The Morgan fingerprint density at radius 2 is 2.09 bits per heavy atom. The first-order chi connectivity index (χ1) is 11.0. The van der Waals surface area contributed by atoms with E-state index in [4.69, 9.17) is 0 Å². The highest BCUT2D eigenvalue weighted by Gasteiger charge is 2.17. The van der Waals surface area contributed by atoms with Gasteiger partial charge in [-0.3, -0.25) is 9.59 Å². The maximum absolute atomic E-state index is 13.1. The number of hydrogen-bond acceptors (Lipinski definition) is 3. The molecule has 0 aliphatic heterocycles. The van der Waals surface area contributed by atoms with Crippen LogP contribution in [0.2, 0.25) is 0 Å². The van der Waals surface area contributed by atoms with Gasteiger partial charge < -0.3 is 10.2 Å². The zero-order valence-electron chi connectivity index (χ0n) is 13.1. The van der Waals surface area contributed by atoms with Crippen molar-refractivity contribution in [2.75, 3.05) is 13.6 Å².